The molecule has 1 aromatic rings. The van der Waals surface area contributed by atoms with Crippen molar-refractivity contribution in [3.63, 3.8) is 0 Å². The number of rotatable bonds is 1. The minimum absolute atomic E-state index is 0.217. The number of aliphatic hydroxyl groups excluding tert-OH is 1. The lowest BCUT2D eigenvalue weighted by Gasteiger charge is -2.21. The van der Waals surface area contributed by atoms with E-state index in [1.165, 1.54) is 11.1 Å². The van der Waals surface area contributed by atoms with Crippen LogP contribution in [-0.2, 0) is 5.54 Å². The van der Waals surface area contributed by atoms with Crippen LogP contribution in [0, 0.1) is 6.92 Å². The lowest BCUT2D eigenvalue weighted by molar-refractivity contribution is 0.399. The molecule has 0 aliphatic heterocycles. The summed E-state index contributed by atoms with van der Waals surface area (Å²) in [6.07, 6.45) is 0. The highest BCUT2D eigenvalue weighted by Gasteiger charge is 2.14. The Balaban J connectivity index is 0.000000671. The molecular weight excluding hydrogens is 162 g/mol. The molecule has 0 aromatic heterocycles. The van der Waals surface area contributed by atoms with Crippen molar-refractivity contribution in [3.8, 4) is 0 Å². The van der Waals surface area contributed by atoms with Crippen LogP contribution in [0.15, 0.2) is 24.3 Å². The Bertz CT molecular complexity index is 251. The molecule has 1 aromatic carbocycles. The van der Waals surface area contributed by atoms with Crippen LogP contribution < -0.4 is 5.73 Å². The van der Waals surface area contributed by atoms with Crippen molar-refractivity contribution < 1.29 is 5.11 Å². The molecule has 0 unspecified atom stereocenters. The monoisotopic (exact) mass is 181 g/mol. The minimum atomic E-state index is -0.217. The Kier molecular flexibility index (Phi) is 4.67. The van der Waals surface area contributed by atoms with Crippen molar-refractivity contribution in [2.75, 3.05) is 7.11 Å². The summed E-state index contributed by atoms with van der Waals surface area (Å²) in [5, 5.41) is 7.00. The molecule has 2 heteroatoms. The maximum Gasteiger partial charge on any atom is 0.0355 e. The van der Waals surface area contributed by atoms with Crippen LogP contribution in [0.4, 0.5) is 0 Å². The fourth-order valence-corrected chi connectivity index (χ4v) is 1.30. The number of nitrogens with two attached hydrogens (primary N) is 1. The van der Waals surface area contributed by atoms with Crippen LogP contribution in [0.5, 0.6) is 0 Å². The van der Waals surface area contributed by atoms with Crippen LogP contribution >= 0.6 is 0 Å². The van der Waals surface area contributed by atoms with Crippen LogP contribution in [0.1, 0.15) is 25.0 Å². The maximum absolute atomic E-state index is 7.00. The molecule has 0 fully saturated rings. The van der Waals surface area contributed by atoms with E-state index in [9.17, 15) is 0 Å². The van der Waals surface area contributed by atoms with Gasteiger partial charge in [0, 0.05) is 12.6 Å². The maximum atomic E-state index is 7.00. The highest BCUT2D eigenvalue weighted by molar-refractivity contribution is 5.30. The van der Waals surface area contributed by atoms with Crippen molar-refractivity contribution in [2.24, 2.45) is 5.73 Å². The molecule has 0 atom stereocenters. The molecule has 2 nitrogen and oxygen atoms in total. The summed E-state index contributed by atoms with van der Waals surface area (Å²) in [5.41, 5.74) is 8.23. The second-order valence-electron chi connectivity index (χ2n) is 3.54. The lowest BCUT2D eigenvalue weighted by atomic mass is 9.92. The molecule has 0 aliphatic carbocycles. The first kappa shape index (κ1) is 12.1. The number of hydrogen-bond donors (Lipinski definition) is 2. The zero-order chi connectivity index (χ0) is 10.5. The first-order chi connectivity index (χ1) is 6.02. The number of aryl methyl sites for hydroxylation is 1. The molecule has 0 heterocycles. The highest BCUT2D eigenvalue weighted by Crippen LogP contribution is 2.19. The molecule has 3 N–H and O–H groups in total. The standard InChI is InChI=1S/C10H15N.CH4O/c1-8-6-4-5-7-9(8)10(2,3)11;1-2/h4-7H,11H2,1-3H3;2H,1H3. The summed E-state index contributed by atoms with van der Waals surface area (Å²) in [6, 6.07) is 8.22. The van der Waals surface area contributed by atoms with Crippen molar-refractivity contribution >= 4 is 0 Å². The van der Waals surface area contributed by atoms with E-state index in [0.29, 0.717) is 0 Å². The summed E-state index contributed by atoms with van der Waals surface area (Å²) in [7, 11) is 1.00. The molecule has 0 saturated carbocycles. The van der Waals surface area contributed by atoms with Gasteiger partial charge in [-0.1, -0.05) is 24.3 Å². The van der Waals surface area contributed by atoms with Gasteiger partial charge in [0.25, 0.3) is 0 Å². The summed E-state index contributed by atoms with van der Waals surface area (Å²) in [5.74, 6) is 0. The van der Waals surface area contributed by atoms with Crippen molar-refractivity contribution in [2.45, 2.75) is 26.3 Å². The molecule has 0 spiro atoms. The topological polar surface area (TPSA) is 46.2 Å². The van der Waals surface area contributed by atoms with Gasteiger partial charge >= 0.3 is 0 Å². The summed E-state index contributed by atoms with van der Waals surface area (Å²) < 4.78 is 0. The molecule has 0 bridgehead atoms. The minimum Gasteiger partial charge on any atom is -0.400 e. The van der Waals surface area contributed by atoms with Crippen LogP contribution in [-0.4, -0.2) is 12.2 Å². The Hall–Kier alpha value is -0.860. The van der Waals surface area contributed by atoms with Gasteiger partial charge in [-0.3, -0.25) is 0 Å². The Morgan fingerprint density at radius 3 is 1.92 bits per heavy atom. The van der Waals surface area contributed by atoms with E-state index >= 15 is 0 Å². The zero-order valence-corrected chi connectivity index (χ0v) is 8.83. The van der Waals surface area contributed by atoms with E-state index in [4.69, 9.17) is 10.8 Å². The van der Waals surface area contributed by atoms with Crippen LogP contribution in [0.3, 0.4) is 0 Å². The Morgan fingerprint density at radius 1 is 1.15 bits per heavy atom. The third-order valence-electron chi connectivity index (χ3n) is 1.84. The van der Waals surface area contributed by atoms with E-state index in [2.05, 4.69) is 19.1 Å². The molecule has 0 aliphatic rings. The van der Waals surface area contributed by atoms with Gasteiger partial charge in [-0.25, -0.2) is 0 Å². The van der Waals surface area contributed by atoms with Gasteiger partial charge < -0.3 is 10.8 Å². The normalized spacial score (nSPS) is 10.3. The van der Waals surface area contributed by atoms with Crippen molar-refractivity contribution in [3.05, 3.63) is 35.4 Å². The average molecular weight is 181 g/mol. The van der Waals surface area contributed by atoms with Gasteiger partial charge in [0.2, 0.25) is 0 Å². The summed E-state index contributed by atoms with van der Waals surface area (Å²) in [6.45, 7) is 6.13. The second kappa shape index (κ2) is 5.00. The average Bonchev–Trinajstić information content (AvgIpc) is 2.07. The second-order valence-corrected chi connectivity index (χ2v) is 3.54. The Labute approximate surface area is 80.4 Å². The third kappa shape index (κ3) is 3.57. The third-order valence-corrected chi connectivity index (χ3v) is 1.84. The van der Waals surface area contributed by atoms with Gasteiger partial charge in [-0.2, -0.15) is 0 Å². The summed E-state index contributed by atoms with van der Waals surface area (Å²) in [4.78, 5) is 0. The quantitative estimate of drug-likeness (QED) is 0.694. The van der Waals surface area contributed by atoms with Gasteiger partial charge in [0.15, 0.2) is 0 Å². The molecule has 0 amide bonds. The van der Waals surface area contributed by atoms with Crippen LogP contribution in [0.25, 0.3) is 0 Å². The van der Waals surface area contributed by atoms with E-state index in [1.54, 1.807) is 0 Å². The van der Waals surface area contributed by atoms with Crippen molar-refractivity contribution in [1.29, 1.82) is 0 Å². The Morgan fingerprint density at radius 2 is 1.62 bits per heavy atom. The predicted molar refractivity (Wildman–Crippen MR) is 56.5 cm³/mol. The molecule has 74 valence electrons. The van der Waals surface area contributed by atoms with E-state index < -0.39 is 0 Å². The number of aliphatic hydroxyl groups is 1. The number of benzene rings is 1. The van der Waals surface area contributed by atoms with E-state index in [-0.39, 0.29) is 5.54 Å². The van der Waals surface area contributed by atoms with Gasteiger partial charge in [-0.15, -0.1) is 0 Å². The van der Waals surface area contributed by atoms with E-state index in [1.807, 2.05) is 26.0 Å². The largest absolute Gasteiger partial charge is 0.400 e. The SMILES string of the molecule is CO.Cc1ccccc1C(C)(C)N. The van der Waals surface area contributed by atoms with E-state index in [0.717, 1.165) is 7.11 Å². The summed E-state index contributed by atoms with van der Waals surface area (Å²) >= 11 is 0. The zero-order valence-electron chi connectivity index (χ0n) is 8.83. The fourth-order valence-electron chi connectivity index (χ4n) is 1.30. The smallest absolute Gasteiger partial charge is 0.0355 e. The lowest BCUT2D eigenvalue weighted by Crippen LogP contribution is -2.29. The van der Waals surface area contributed by atoms with Gasteiger partial charge in [-0.05, 0) is 31.9 Å². The molecular formula is C11H19NO. The first-order valence-electron chi connectivity index (χ1n) is 4.31. The molecule has 0 saturated heterocycles. The molecule has 0 radical (unpaired) electrons. The molecule has 13 heavy (non-hydrogen) atoms. The van der Waals surface area contributed by atoms with Crippen LogP contribution in [0.2, 0.25) is 0 Å². The first-order valence-corrected chi connectivity index (χ1v) is 4.31. The molecule has 1 rings (SSSR count). The number of hydrogen-bond acceptors (Lipinski definition) is 2. The highest BCUT2D eigenvalue weighted by atomic mass is 16.2. The predicted octanol–water partition coefficient (Wildman–Crippen LogP) is 1.80. The van der Waals surface area contributed by atoms with Crippen molar-refractivity contribution in [1.82, 2.24) is 0 Å². The van der Waals surface area contributed by atoms with Gasteiger partial charge in [0.05, 0.1) is 0 Å². The van der Waals surface area contributed by atoms with Gasteiger partial charge in [0.1, 0.15) is 0 Å². The fraction of sp³-hybridized carbons (Fsp3) is 0.455.